The van der Waals surface area contributed by atoms with Gasteiger partial charge in [-0.25, -0.2) is 4.99 Å². The molecular formula is C17H16N2O2S. The molecule has 22 heavy (non-hydrogen) atoms. The molecule has 112 valence electrons. The van der Waals surface area contributed by atoms with E-state index in [4.69, 9.17) is 0 Å². The first-order valence-electron chi connectivity index (χ1n) is 6.96. The summed E-state index contributed by atoms with van der Waals surface area (Å²) < 4.78 is 0. The molecule has 0 fully saturated rings. The Balaban J connectivity index is 1.86. The zero-order valence-corrected chi connectivity index (χ0v) is 12.9. The predicted octanol–water partition coefficient (Wildman–Crippen LogP) is 2.75. The highest BCUT2D eigenvalue weighted by Gasteiger charge is 2.44. The minimum atomic E-state index is -1.44. The highest BCUT2D eigenvalue weighted by atomic mass is 32.2. The van der Waals surface area contributed by atoms with E-state index in [-0.39, 0.29) is 5.91 Å². The van der Waals surface area contributed by atoms with E-state index in [2.05, 4.69) is 10.3 Å². The highest BCUT2D eigenvalue weighted by Crippen LogP contribution is 2.39. The summed E-state index contributed by atoms with van der Waals surface area (Å²) in [5, 5.41) is 14.0. The molecule has 2 unspecified atom stereocenters. The maximum absolute atomic E-state index is 12.3. The minimum Gasteiger partial charge on any atom is -0.363 e. The molecule has 0 aliphatic carbocycles. The van der Waals surface area contributed by atoms with Crippen LogP contribution in [0.15, 0.2) is 65.7 Å². The molecular weight excluding hydrogens is 296 g/mol. The molecule has 3 rings (SSSR count). The molecule has 2 N–H and O–H groups in total. The van der Waals surface area contributed by atoms with E-state index in [0.717, 1.165) is 5.04 Å². The van der Waals surface area contributed by atoms with Crippen LogP contribution < -0.4 is 5.32 Å². The van der Waals surface area contributed by atoms with Gasteiger partial charge < -0.3 is 10.4 Å². The molecule has 2 aromatic rings. The number of aliphatic hydroxyl groups is 1. The van der Waals surface area contributed by atoms with Crippen LogP contribution in [0.4, 0.5) is 0 Å². The van der Waals surface area contributed by atoms with Gasteiger partial charge in [0.05, 0.1) is 5.04 Å². The highest BCUT2D eigenvalue weighted by molar-refractivity contribution is 8.14. The number of nitrogens with zero attached hydrogens (tertiary/aromatic N) is 1. The largest absolute Gasteiger partial charge is 0.363 e. The lowest BCUT2D eigenvalue weighted by molar-refractivity contribution is 0.0361. The van der Waals surface area contributed by atoms with Gasteiger partial charge in [-0.05, 0) is 19.1 Å². The molecule has 0 bridgehead atoms. The monoisotopic (exact) mass is 312 g/mol. The Bertz CT molecular complexity index is 703. The number of benzene rings is 2. The number of carbonyl (C=O) groups is 1. The van der Waals surface area contributed by atoms with Gasteiger partial charge in [-0.1, -0.05) is 60.3 Å². The second-order valence-electron chi connectivity index (χ2n) is 5.06. The second kappa shape index (κ2) is 5.94. The number of hydrogen-bond acceptors (Lipinski definition) is 4. The first-order chi connectivity index (χ1) is 10.6. The van der Waals surface area contributed by atoms with Gasteiger partial charge in [0.2, 0.25) is 5.72 Å². The fraction of sp³-hybridized carbons (Fsp3) is 0.176. The average molecular weight is 312 g/mol. The first-order valence-corrected chi connectivity index (χ1v) is 7.84. The third-order valence-corrected chi connectivity index (χ3v) is 4.59. The molecule has 1 aliphatic heterocycles. The molecule has 0 saturated carbocycles. The molecule has 0 spiro atoms. The van der Waals surface area contributed by atoms with Crippen molar-refractivity contribution in [2.45, 2.75) is 18.0 Å². The Morgan fingerprint density at radius 2 is 1.73 bits per heavy atom. The normalized spacial score (nSPS) is 23.9. The lowest BCUT2D eigenvalue weighted by atomic mass is 10.0. The lowest BCUT2D eigenvalue weighted by Gasteiger charge is -2.28. The molecule has 1 heterocycles. The molecule has 0 radical (unpaired) electrons. The van der Waals surface area contributed by atoms with Crippen LogP contribution in [0.5, 0.6) is 0 Å². The van der Waals surface area contributed by atoms with Gasteiger partial charge in [-0.3, -0.25) is 4.79 Å². The first kappa shape index (κ1) is 14.8. The smallest absolute Gasteiger partial charge is 0.252 e. The van der Waals surface area contributed by atoms with Crippen LogP contribution in [-0.2, 0) is 5.72 Å². The summed E-state index contributed by atoms with van der Waals surface area (Å²) in [6.45, 7) is 1.83. The van der Waals surface area contributed by atoms with Crippen LogP contribution in [0.1, 0.15) is 22.8 Å². The van der Waals surface area contributed by atoms with Crippen LogP contribution in [0, 0.1) is 0 Å². The van der Waals surface area contributed by atoms with Gasteiger partial charge in [0, 0.05) is 11.1 Å². The Morgan fingerprint density at radius 3 is 2.36 bits per heavy atom. The van der Waals surface area contributed by atoms with Crippen LogP contribution in [-0.4, -0.2) is 21.4 Å². The number of hydrogen-bond donors (Lipinski definition) is 2. The van der Waals surface area contributed by atoms with Crippen LogP contribution in [0.25, 0.3) is 0 Å². The summed E-state index contributed by atoms with van der Waals surface area (Å²) in [6.07, 6.45) is 0. The third kappa shape index (κ3) is 2.77. The maximum Gasteiger partial charge on any atom is 0.252 e. The van der Waals surface area contributed by atoms with Crippen LogP contribution in [0.3, 0.4) is 0 Å². The van der Waals surface area contributed by atoms with Gasteiger partial charge in [0.25, 0.3) is 5.91 Å². The lowest BCUT2D eigenvalue weighted by Crippen LogP contribution is -2.45. The van der Waals surface area contributed by atoms with Gasteiger partial charge in [-0.2, -0.15) is 0 Å². The molecule has 1 amide bonds. The summed E-state index contributed by atoms with van der Waals surface area (Å²) in [7, 11) is 0. The Labute approximate surface area is 133 Å². The summed E-state index contributed by atoms with van der Waals surface area (Å²) >= 11 is 1.36. The van der Waals surface area contributed by atoms with Crippen molar-refractivity contribution < 1.29 is 9.90 Å². The number of thioether (sulfide) groups is 1. The number of rotatable bonds is 3. The predicted molar refractivity (Wildman–Crippen MR) is 88.7 cm³/mol. The van der Waals surface area contributed by atoms with E-state index in [9.17, 15) is 9.90 Å². The fourth-order valence-electron chi connectivity index (χ4n) is 2.40. The van der Waals surface area contributed by atoms with Crippen LogP contribution in [0.2, 0.25) is 0 Å². The van der Waals surface area contributed by atoms with E-state index in [1.165, 1.54) is 11.8 Å². The SMILES string of the molecule is CC1=NC(O)(c2ccccc2)C(NC(=O)c2ccccc2)S1. The number of amides is 1. The standard InChI is InChI=1S/C17H16N2O2S/c1-12-19-17(21,14-10-6-3-7-11-14)16(22-12)18-15(20)13-8-4-2-5-9-13/h2-11,16,21H,1H3,(H,18,20). The Kier molecular flexibility index (Phi) is 4.00. The molecule has 2 aromatic carbocycles. The number of aliphatic imine (C=N–C) groups is 1. The molecule has 1 aliphatic rings. The summed E-state index contributed by atoms with van der Waals surface area (Å²) in [6, 6.07) is 18.1. The van der Waals surface area contributed by atoms with E-state index in [1.807, 2.05) is 55.5 Å². The average Bonchev–Trinajstić information content (AvgIpc) is 2.84. The molecule has 2 atom stereocenters. The van der Waals surface area contributed by atoms with Crippen molar-refractivity contribution >= 4 is 22.7 Å². The Hall–Kier alpha value is -2.11. The van der Waals surface area contributed by atoms with Gasteiger partial charge in [0.1, 0.15) is 5.37 Å². The van der Waals surface area contributed by atoms with Crippen molar-refractivity contribution in [2.24, 2.45) is 4.99 Å². The van der Waals surface area contributed by atoms with Crippen molar-refractivity contribution in [3.8, 4) is 0 Å². The van der Waals surface area contributed by atoms with E-state index >= 15 is 0 Å². The third-order valence-electron chi connectivity index (χ3n) is 3.48. The van der Waals surface area contributed by atoms with Crippen molar-refractivity contribution in [2.75, 3.05) is 0 Å². The zero-order valence-electron chi connectivity index (χ0n) is 12.1. The van der Waals surface area contributed by atoms with E-state index in [0.29, 0.717) is 11.1 Å². The van der Waals surface area contributed by atoms with Gasteiger partial charge >= 0.3 is 0 Å². The topological polar surface area (TPSA) is 61.7 Å². The number of nitrogens with one attached hydrogen (secondary N) is 1. The fourth-order valence-corrected chi connectivity index (χ4v) is 3.45. The Morgan fingerprint density at radius 1 is 1.14 bits per heavy atom. The summed E-state index contributed by atoms with van der Waals surface area (Å²) in [5.74, 6) is -0.225. The second-order valence-corrected chi connectivity index (χ2v) is 6.36. The summed E-state index contributed by atoms with van der Waals surface area (Å²) in [5.41, 5.74) is -0.221. The van der Waals surface area contributed by atoms with Crippen LogP contribution >= 0.6 is 11.8 Å². The van der Waals surface area contributed by atoms with Crippen molar-refractivity contribution in [1.82, 2.24) is 5.32 Å². The molecule has 4 nitrogen and oxygen atoms in total. The van der Waals surface area contributed by atoms with E-state index < -0.39 is 11.1 Å². The molecule has 0 aromatic heterocycles. The van der Waals surface area contributed by atoms with Gasteiger partial charge in [0.15, 0.2) is 0 Å². The zero-order chi connectivity index (χ0) is 15.6. The quantitative estimate of drug-likeness (QED) is 0.916. The van der Waals surface area contributed by atoms with Crippen molar-refractivity contribution in [3.05, 3.63) is 71.8 Å². The van der Waals surface area contributed by atoms with Crippen molar-refractivity contribution in [1.29, 1.82) is 0 Å². The summed E-state index contributed by atoms with van der Waals surface area (Å²) in [4.78, 5) is 16.7. The number of carbonyl (C=O) groups excluding carboxylic acids is 1. The maximum atomic E-state index is 12.3. The van der Waals surface area contributed by atoms with Crippen molar-refractivity contribution in [3.63, 3.8) is 0 Å². The molecule has 0 saturated heterocycles. The van der Waals surface area contributed by atoms with E-state index in [1.54, 1.807) is 12.1 Å². The van der Waals surface area contributed by atoms with Gasteiger partial charge in [-0.15, -0.1) is 0 Å². The molecule has 5 heteroatoms. The minimum absolute atomic E-state index is 0.225.